The molecule has 0 saturated carbocycles. The number of nitrogen functional groups attached to an aromatic ring is 1. The second-order valence-corrected chi connectivity index (χ2v) is 4.40. The Balaban J connectivity index is 2.13. The van der Waals surface area contributed by atoms with E-state index in [1.807, 2.05) is 0 Å². The number of halogens is 2. The van der Waals surface area contributed by atoms with Crippen LogP contribution in [0.2, 0.25) is 0 Å². The molecule has 4 nitrogen and oxygen atoms in total. The van der Waals surface area contributed by atoms with E-state index in [9.17, 15) is 13.6 Å². The summed E-state index contributed by atoms with van der Waals surface area (Å²) in [6.45, 7) is 0.279. The Morgan fingerprint density at radius 3 is 2.62 bits per heavy atom. The van der Waals surface area contributed by atoms with Gasteiger partial charge in [-0.15, -0.1) is 0 Å². The lowest BCUT2D eigenvalue weighted by molar-refractivity contribution is 0.0602. The largest absolute Gasteiger partial charge is 0.465 e. The number of esters is 1. The van der Waals surface area contributed by atoms with Crippen LogP contribution in [0, 0.1) is 11.6 Å². The fraction of sp³-hybridized carbons (Fsp3) is 0.133. The maximum atomic E-state index is 13.1. The normalized spacial score (nSPS) is 10.2. The Morgan fingerprint density at radius 1 is 1.19 bits per heavy atom. The van der Waals surface area contributed by atoms with Crippen molar-refractivity contribution in [2.75, 3.05) is 18.2 Å². The van der Waals surface area contributed by atoms with Crippen molar-refractivity contribution in [3.8, 4) is 0 Å². The van der Waals surface area contributed by atoms with Crippen molar-refractivity contribution < 1.29 is 18.3 Å². The maximum absolute atomic E-state index is 13.1. The van der Waals surface area contributed by atoms with Crippen LogP contribution in [0.3, 0.4) is 0 Å². The molecule has 0 aromatic heterocycles. The molecule has 0 saturated heterocycles. The summed E-state index contributed by atoms with van der Waals surface area (Å²) in [6.07, 6.45) is 0. The molecule has 3 N–H and O–H groups in total. The number of hydrogen-bond donors (Lipinski definition) is 2. The third-order valence-electron chi connectivity index (χ3n) is 2.94. The number of nitrogens with one attached hydrogen (secondary N) is 1. The molecule has 2 rings (SSSR count). The summed E-state index contributed by atoms with van der Waals surface area (Å²) in [4.78, 5) is 11.5. The van der Waals surface area contributed by atoms with Crippen LogP contribution in [-0.4, -0.2) is 13.1 Å². The van der Waals surface area contributed by atoms with E-state index < -0.39 is 17.6 Å². The highest BCUT2D eigenvalue weighted by molar-refractivity contribution is 5.96. The predicted octanol–water partition coefficient (Wildman–Crippen LogP) is 2.95. The minimum atomic E-state index is -0.901. The fourth-order valence-electron chi connectivity index (χ4n) is 1.81. The number of carbonyl (C=O) groups is 1. The molecule has 0 bridgehead atoms. The van der Waals surface area contributed by atoms with Crippen LogP contribution in [0.4, 0.5) is 20.2 Å². The van der Waals surface area contributed by atoms with E-state index in [1.165, 1.54) is 13.2 Å². The van der Waals surface area contributed by atoms with E-state index >= 15 is 0 Å². The molecule has 0 heterocycles. The fourth-order valence-corrected chi connectivity index (χ4v) is 1.81. The van der Waals surface area contributed by atoms with Crippen LogP contribution in [0.15, 0.2) is 36.4 Å². The highest BCUT2D eigenvalue weighted by Crippen LogP contribution is 2.19. The Labute approximate surface area is 120 Å². The molecule has 0 fully saturated rings. The number of benzene rings is 2. The first-order chi connectivity index (χ1) is 10.0. The van der Waals surface area contributed by atoms with Gasteiger partial charge in [0.2, 0.25) is 0 Å². The van der Waals surface area contributed by atoms with E-state index in [0.717, 1.165) is 12.1 Å². The number of ether oxygens (including phenoxy) is 1. The molecule has 0 aliphatic rings. The highest BCUT2D eigenvalue weighted by Gasteiger charge is 2.10. The SMILES string of the molecule is COC(=O)c1cc(NCc2ccc(F)c(F)c2)ccc1N. The van der Waals surface area contributed by atoms with E-state index in [4.69, 9.17) is 5.73 Å². The number of anilines is 2. The zero-order valence-corrected chi connectivity index (χ0v) is 11.3. The Kier molecular flexibility index (Phi) is 4.37. The average Bonchev–Trinajstić information content (AvgIpc) is 2.49. The molecule has 0 unspecified atom stereocenters. The maximum Gasteiger partial charge on any atom is 0.340 e. The van der Waals surface area contributed by atoms with E-state index in [-0.39, 0.29) is 12.1 Å². The summed E-state index contributed by atoms with van der Waals surface area (Å²) in [7, 11) is 1.27. The molecule has 0 radical (unpaired) electrons. The molecule has 2 aromatic carbocycles. The average molecular weight is 292 g/mol. The third kappa shape index (κ3) is 3.47. The van der Waals surface area contributed by atoms with Gasteiger partial charge < -0.3 is 15.8 Å². The van der Waals surface area contributed by atoms with Gasteiger partial charge in [0.15, 0.2) is 11.6 Å². The molecule has 0 aliphatic carbocycles. The van der Waals surface area contributed by atoms with Crippen molar-refractivity contribution in [2.45, 2.75) is 6.54 Å². The second kappa shape index (κ2) is 6.21. The van der Waals surface area contributed by atoms with Crippen LogP contribution in [0.5, 0.6) is 0 Å². The standard InChI is InChI=1S/C15H14F2N2O2/c1-21-15(20)11-7-10(3-5-14(11)18)19-8-9-2-4-12(16)13(17)6-9/h2-7,19H,8,18H2,1H3. The van der Waals surface area contributed by atoms with Crippen LogP contribution in [-0.2, 0) is 11.3 Å². The lowest BCUT2D eigenvalue weighted by atomic mass is 10.1. The van der Waals surface area contributed by atoms with Crippen LogP contribution >= 0.6 is 0 Å². The number of methoxy groups -OCH3 is 1. The Bertz CT molecular complexity index is 675. The lowest BCUT2D eigenvalue weighted by Gasteiger charge is -2.10. The van der Waals surface area contributed by atoms with Crippen molar-refractivity contribution in [1.29, 1.82) is 0 Å². The van der Waals surface area contributed by atoms with Crippen molar-refractivity contribution in [3.63, 3.8) is 0 Å². The highest BCUT2D eigenvalue weighted by atomic mass is 19.2. The van der Waals surface area contributed by atoms with Gasteiger partial charge in [-0.3, -0.25) is 0 Å². The molecular formula is C15H14F2N2O2. The number of nitrogens with two attached hydrogens (primary N) is 1. The Morgan fingerprint density at radius 2 is 1.95 bits per heavy atom. The van der Waals surface area contributed by atoms with Crippen molar-refractivity contribution in [1.82, 2.24) is 0 Å². The van der Waals surface area contributed by atoms with Gasteiger partial charge in [0.1, 0.15) is 0 Å². The van der Waals surface area contributed by atoms with Gasteiger partial charge in [-0.1, -0.05) is 6.07 Å². The molecular weight excluding hydrogens is 278 g/mol. The van der Waals surface area contributed by atoms with Crippen LogP contribution in [0.25, 0.3) is 0 Å². The molecule has 6 heteroatoms. The van der Waals surface area contributed by atoms with E-state index in [0.29, 0.717) is 16.9 Å². The van der Waals surface area contributed by atoms with Crippen molar-refractivity contribution >= 4 is 17.3 Å². The minimum Gasteiger partial charge on any atom is -0.465 e. The summed E-state index contributed by atoms with van der Waals surface area (Å²) >= 11 is 0. The molecule has 21 heavy (non-hydrogen) atoms. The van der Waals surface area contributed by atoms with Gasteiger partial charge in [0.05, 0.1) is 12.7 Å². The van der Waals surface area contributed by atoms with E-state index in [2.05, 4.69) is 10.1 Å². The summed E-state index contributed by atoms with van der Waals surface area (Å²) in [6, 6.07) is 8.45. The topological polar surface area (TPSA) is 64.3 Å². The van der Waals surface area contributed by atoms with Crippen LogP contribution in [0.1, 0.15) is 15.9 Å². The third-order valence-corrected chi connectivity index (χ3v) is 2.94. The monoisotopic (exact) mass is 292 g/mol. The molecule has 0 amide bonds. The van der Waals surface area contributed by atoms with Crippen molar-refractivity contribution in [3.05, 3.63) is 59.2 Å². The van der Waals surface area contributed by atoms with Gasteiger partial charge in [-0.25, -0.2) is 13.6 Å². The molecule has 2 aromatic rings. The molecule has 110 valence electrons. The second-order valence-electron chi connectivity index (χ2n) is 4.40. The summed E-state index contributed by atoms with van der Waals surface area (Å²) in [5.41, 5.74) is 7.43. The first-order valence-electron chi connectivity index (χ1n) is 6.17. The summed E-state index contributed by atoms with van der Waals surface area (Å²) < 4.78 is 30.5. The smallest absolute Gasteiger partial charge is 0.340 e. The Hall–Kier alpha value is -2.63. The number of hydrogen-bond acceptors (Lipinski definition) is 4. The van der Waals surface area contributed by atoms with Gasteiger partial charge in [0.25, 0.3) is 0 Å². The quantitative estimate of drug-likeness (QED) is 0.671. The number of rotatable bonds is 4. The summed E-state index contributed by atoms with van der Waals surface area (Å²) in [5.74, 6) is -2.33. The lowest BCUT2D eigenvalue weighted by Crippen LogP contribution is -2.07. The van der Waals surface area contributed by atoms with Crippen LogP contribution < -0.4 is 11.1 Å². The first-order valence-corrected chi connectivity index (χ1v) is 6.17. The van der Waals surface area contributed by atoms with Gasteiger partial charge >= 0.3 is 5.97 Å². The first kappa shape index (κ1) is 14.8. The zero-order chi connectivity index (χ0) is 15.4. The molecule has 0 atom stereocenters. The van der Waals surface area contributed by atoms with Gasteiger partial charge in [-0.05, 0) is 35.9 Å². The minimum absolute atomic E-state index is 0.243. The van der Waals surface area contributed by atoms with Gasteiger partial charge in [-0.2, -0.15) is 0 Å². The molecule has 0 spiro atoms. The predicted molar refractivity (Wildman–Crippen MR) is 75.9 cm³/mol. The van der Waals surface area contributed by atoms with E-state index in [1.54, 1.807) is 18.2 Å². The van der Waals surface area contributed by atoms with Crippen molar-refractivity contribution in [2.24, 2.45) is 0 Å². The number of carbonyl (C=O) groups excluding carboxylic acids is 1. The van der Waals surface area contributed by atoms with Gasteiger partial charge in [0, 0.05) is 17.9 Å². The molecule has 0 aliphatic heterocycles. The summed E-state index contributed by atoms with van der Waals surface area (Å²) in [5, 5.41) is 3.00. The zero-order valence-electron chi connectivity index (χ0n) is 11.3.